The van der Waals surface area contributed by atoms with E-state index in [0.29, 0.717) is 27.9 Å². The highest BCUT2D eigenvalue weighted by atomic mass is 19.1. The summed E-state index contributed by atoms with van der Waals surface area (Å²) in [6.07, 6.45) is 0. The minimum absolute atomic E-state index is 0.129. The van der Waals surface area contributed by atoms with Gasteiger partial charge in [0.25, 0.3) is 0 Å². The molecule has 24 heavy (non-hydrogen) atoms. The number of benzene rings is 2. The molecule has 122 valence electrons. The van der Waals surface area contributed by atoms with Crippen LogP contribution in [0.2, 0.25) is 0 Å². The largest absolute Gasteiger partial charge is 0.496 e. The molecular formula is C19H16FNO3. The standard InChI is InChI=1S/C19H16FNO3/c1-10-4-6-13-14(19(22)23)9-16(21-18(13)11(10)2)15-8-12(20)5-7-17(15)24-3/h4-9H,1-3H3,(H,22,23). The first kappa shape index (κ1) is 15.9. The Bertz CT molecular complexity index is 966. The zero-order valence-corrected chi connectivity index (χ0v) is 13.6. The first-order valence-corrected chi connectivity index (χ1v) is 7.40. The summed E-state index contributed by atoms with van der Waals surface area (Å²) >= 11 is 0. The second-order valence-electron chi connectivity index (χ2n) is 5.61. The zero-order valence-electron chi connectivity index (χ0n) is 13.6. The summed E-state index contributed by atoms with van der Waals surface area (Å²) in [7, 11) is 1.48. The molecule has 0 radical (unpaired) electrons. The van der Waals surface area contributed by atoms with Gasteiger partial charge in [0.15, 0.2) is 0 Å². The van der Waals surface area contributed by atoms with Crippen LogP contribution in [0.5, 0.6) is 5.75 Å². The van der Waals surface area contributed by atoms with E-state index in [9.17, 15) is 14.3 Å². The minimum Gasteiger partial charge on any atom is -0.496 e. The summed E-state index contributed by atoms with van der Waals surface area (Å²) in [5.41, 5.74) is 3.41. The molecule has 3 rings (SSSR count). The van der Waals surface area contributed by atoms with Crippen molar-refractivity contribution in [3.05, 3.63) is 58.9 Å². The van der Waals surface area contributed by atoms with Gasteiger partial charge in [-0.05, 0) is 49.2 Å². The Morgan fingerprint density at radius 1 is 1.17 bits per heavy atom. The molecule has 0 aliphatic carbocycles. The first-order valence-electron chi connectivity index (χ1n) is 7.40. The highest BCUT2D eigenvalue weighted by Gasteiger charge is 2.17. The molecule has 0 bridgehead atoms. The van der Waals surface area contributed by atoms with Crippen LogP contribution in [-0.4, -0.2) is 23.2 Å². The number of pyridine rings is 1. The molecule has 1 heterocycles. The molecule has 4 nitrogen and oxygen atoms in total. The molecule has 1 N–H and O–H groups in total. The van der Waals surface area contributed by atoms with Crippen molar-refractivity contribution in [3.8, 4) is 17.0 Å². The van der Waals surface area contributed by atoms with E-state index in [1.807, 2.05) is 19.9 Å². The summed E-state index contributed by atoms with van der Waals surface area (Å²) in [4.78, 5) is 16.3. The molecule has 0 amide bonds. The minimum atomic E-state index is -1.05. The summed E-state index contributed by atoms with van der Waals surface area (Å²) in [6.45, 7) is 3.83. The molecule has 3 aromatic rings. The molecule has 0 unspecified atom stereocenters. The van der Waals surface area contributed by atoms with Crippen molar-refractivity contribution in [2.45, 2.75) is 13.8 Å². The lowest BCUT2D eigenvalue weighted by molar-refractivity contribution is 0.0699. The predicted octanol–water partition coefficient (Wildman–Crippen LogP) is 4.36. The fraction of sp³-hybridized carbons (Fsp3) is 0.158. The number of halogens is 1. The molecule has 0 fully saturated rings. The third-order valence-electron chi connectivity index (χ3n) is 4.17. The van der Waals surface area contributed by atoms with Gasteiger partial charge in [0.2, 0.25) is 0 Å². The molecule has 0 saturated heterocycles. The maximum absolute atomic E-state index is 13.7. The topological polar surface area (TPSA) is 59.4 Å². The molecule has 0 saturated carbocycles. The van der Waals surface area contributed by atoms with Gasteiger partial charge in [-0.25, -0.2) is 14.2 Å². The average Bonchev–Trinajstić information content (AvgIpc) is 2.57. The number of rotatable bonds is 3. The van der Waals surface area contributed by atoms with E-state index in [-0.39, 0.29) is 5.56 Å². The molecule has 2 aromatic carbocycles. The van der Waals surface area contributed by atoms with Crippen LogP contribution in [0.25, 0.3) is 22.2 Å². The lowest BCUT2D eigenvalue weighted by Crippen LogP contribution is -2.02. The summed E-state index contributed by atoms with van der Waals surface area (Å²) in [5.74, 6) is -1.06. The Kier molecular flexibility index (Phi) is 3.93. The molecule has 5 heteroatoms. The first-order chi connectivity index (χ1) is 11.4. The maximum atomic E-state index is 13.7. The quantitative estimate of drug-likeness (QED) is 0.777. The van der Waals surface area contributed by atoms with E-state index >= 15 is 0 Å². The van der Waals surface area contributed by atoms with Gasteiger partial charge in [-0.3, -0.25) is 0 Å². The summed E-state index contributed by atoms with van der Waals surface area (Å²) < 4.78 is 19.0. The Morgan fingerprint density at radius 2 is 1.92 bits per heavy atom. The van der Waals surface area contributed by atoms with Gasteiger partial charge in [0.1, 0.15) is 11.6 Å². The smallest absolute Gasteiger partial charge is 0.336 e. The van der Waals surface area contributed by atoms with E-state index in [4.69, 9.17) is 4.74 Å². The van der Waals surface area contributed by atoms with Gasteiger partial charge in [0, 0.05) is 10.9 Å². The molecule has 1 aromatic heterocycles. The number of aromatic nitrogens is 1. The number of methoxy groups -OCH3 is 1. The van der Waals surface area contributed by atoms with Gasteiger partial charge >= 0.3 is 5.97 Å². The zero-order chi connectivity index (χ0) is 17.4. The van der Waals surface area contributed by atoms with Crippen LogP contribution in [-0.2, 0) is 0 Å². The summed E-state index contributed by atoms with van der Waals surface area (Å²) in [6, 6.07) is 9.16. The normalized spacial score (nSPS) is 10.8. The van der Waals surface area contributed by atoms with Crippen molar-refractivity contribution in [1.29, 1.82) is 0 Å². The lowest BCUT2D eigenvalue weighted by atomic mass is 9.99. The van der Waals surface area contributed by atoms with Gasteiger partial charge in [0.05, 0.1) is 23.9 Å². The SMILES string of the molecule is COc1ccc(F)cc1-c1cc(C(=O)O)c2ccc(C)c(C)c2n1. The van der Waals surface area contributed by atoms with E-state index in [2.05, 4.69) is 4.98 Å². The van der Waals surface area contributed by atoms with Crippen molar-refractivity contribution in [3.63, 3.8) is 0 Å². The third kappa shape index (κ3) is 2.58. The number of carboxylic acids is 1. The number of nitrogens with zero attached hydrogens (tertiary/aromatic N) is 1. The molecule has 0 aliphatic rings. The van der Waals surface area contributed by atoms with E-state index in [1.54, 1.807) is 6.07 Å². The van der Waals surface area contributed by atoms with E-state index < -0.39 is 11.8 Å². The Morgan fingerprint density at radius 3 is 2.58 bits per heavy atom. The van der Waals surface area contributed by atoms with Gasteiger partial charge in [-0.1, -0.05) is 12.1 Å². The van der Waals surface area contributed by atoms with Crippen LogP contribution in [0.4, 0.5) is 4.39 Å². The van der Waals surface area contributed by atoms with E-state index in [0.717, 1.165) is 11.1 Å². The number of aryl methyl sites for hydroxylation is 2. The number of ether oxygens (including phenoxy) is 1. The highest BCUT2D eigenvalue weighted by Crippen LogP contribution is 2.33. The molecular weight excluding hydrogens is 309 g/mol. The Hall–Kier alpha value is -2.95. The van der Waals surface area contributed by atoms with Gasteiger partial charge in [-0.2, -0.15) is 0 Å². The number of hydrogen-bond acceptors (Lipinski definition) is 3. The van der Waals surface area contributed by atoms with Crippen LogP contribution in [0.1, 0.15) is 21.5 Å². The Labute approximate surface area is 138 Å². The van der Waals surface area contributed by atoms with Crippen molar-refractivity contribution in [2.24, 2.45) is 0 Å². The summed E-state index contributed by atoms with van der Waals surface area (Å²) in [5, 5.41) is 10.1. The van der Waals surface area contributed by atoms with Gasteiger partial charge < -0.3 is 9.84 Å². The van der Waals surface area contributed by atoms with E-state index in [1.165, 1.54) is 31.4 Å². The molecule has 0 aliphatic heterocycles. The second-order valence-corrected chi connectivity index (χ2v) is 5.61. The van der Waals surface area contributed by atoms with Crippen LogP contribution in [0.15, 0.2) is 36.4 Å². The lowest BCUT2D eigenvalue weighted by Gasteiger charge is -2.13. The van der Waals surface area contributed by atoms with Crippen LogP contribution >= 0.6 is 0 Å². The number of aromatic carboxylic acids is 1. The molecule has 0 spiro atoms. The maximum Gasteiger partial charge on any atom is 0.336 e. The fourth-order valence-electron chi connectivity index (χ4n) is 2.72. The van der Waals surface area contributed by atoms with Crippen LogP contribution in [0, 0.1) is 19.7 Å². The van der Waals surface area contributed by atoms with Crippen LogP contribution in [0.3, 0.4) is 0 Å². The number of carboxylic acid groups (broad SMARTS) is 1. The predicted molar refractivity (Wildman–Crippen MR) is 90.1 cm³/mol. The van der Waals surface area contributed by atoms with Crippen molar-refractivity contribution >= 4 is 16.9 Å². The number of fused-ring (bicyclic) bond motifs is 1. The highest BCUT2D eigenvalue weighted by molar-refractivity contribution is 6.04. The van der Waals surface area contributed by atoms with Gasteiger partial charge in [-0.15, -0.1) is 0 Å². The Balaban J connectivity index is 2.40. The third-order valence-corrected chi connectivity index (χ3v) is 4.17. The number of carbonyl (C=O) groups is 1. The molecule has 0 atom stereocenters. The van der Waals surface area contributed by atoms with Crippen molar-refractivity contribution in [2.75, 3.05) is 7.11 Å². The fourth-order valence-corrected chi connectivity index (χ4v) is 2.72. The van der Waals surface area contributed by atoms with Crippen LogP contribution < -0.4 is 4.74 Å². The second kappa shape index (κ2) is 5.92. The number of hydrogen-bond donors (Lipinski definition) is 1. The van der Waals surface area contributed by atoms with Crippen molar-refractivity contribution in [1.82, 2.24) is 4.98 Å². The van der Waals surface area contributed by atoms with Crippen molar-refractivity contribution < 1.29 is 19.0 Å². The average molecular weight is 325 g/mol. The monoisotopic (exact) mass is 325 g/mol.